The van der Waals surface area contributed by atoms with Gasteiger partial charge in [-0.05, 0) is 48.6 Å². The van der Waals surface area contributed by atoms with Gasteiger partial charge in [-0.2, -0.15) is 0 Å². The maximum atomic E-state index is 6.66. The molecule has 2 rings (SSSR count). The van der Waals surface area contributed by atoms with Crippen LogP contribution in [0.5, 0.6) is 0 Å². The molecule has 1 aliphatic carbocycles. The minimum absolute atomic E-state index is 0.134. The fourth-order valence-corrected chi connectivity index (χ4v) is 4.71. The molecule has 1 nitrogen and oxygen atoms in total. The summed E-state index contributed by atoms with van der Waals surface area (Å²) in [7, 11) is 0. The SMILES string of the molecule is CCOCCCC1C(Cl)CC(Cl)C1c1ccc(C(C)(C)C)cc1. The Bertz CT molecular complexity index is 477. The molecule has 1 fully saturated rings. The highest BCUT2D eigenvalue weighted by Gasteiger charge is 2.41. The second-order valence-electron chi connectivity index (χ2n) is 7.67. The molecule has 0 heterocycles. The molecule has 0 saturated heterocycles. The van der Waals surface area contributed by atoms with Crippen molar-refractivity contribution in [1.29, 1.82) is 0 Å². The standard InChI is InChI=1S/C20H30Cl2O/c1-5-23-12-6-7-16-17(21)13-18(22)19(16)14-8-10-15(11-9-14)20(2,3)4/h8-11,16-19H,5-7,12-13H2,1-4H3. The second kappa shape index (κ2) is 8.23. The van der Waals surface area contributed by atoms with Crippen LogP contribution in [0, 0.1) is 5.92 Å². The van der Waals surface area contributed by atoms with Crippen molar-refractivity contribution in [3.05, 3.63) is 35.4 Å². The Hall–Kier alpha value is -0.240. The number of alkyl halides is 2. The zero-order chi connectivity index (χ0) is 17.0. The van der Waals surface area contributed by atoms with E-state index < -0.39 is 0 Å². The predicted molar refractivity (Wildman–Crippen MR) is 101 cm³/mol. The molecule has 0 aromatic heterocycles. The van der Waals surface area contributed by atoms with E-state index in [1.54, 1.807) is 0 Å². The molecule has 0 N–H and O–H groups in total. The molecular formula is C20H30Cl2O. The van der Waals surface area contributed by atoms with Crippen molar-refractivity contribution in [2.24, 2.45) is 5.92 Å². The fraction of sp³-hybridized carbons (Fsp3) is 0.700. The Morgan fingerprint density at radius 1 is 1.09 bits per heavy atom. The molecule has 1 aromatic rings. The molecule has 1 saturated carbocycles. The molecule has 4 atom stereocenters. The monoisotopic (exact) mass is 356 g/mol. The normalized spacial score (nSPS) is 28.3. The van der Waals surface area contributed by atoms with Crippen LogP contribution < -0.4 is 0 Å². The van der Waals surface area contributed by atoms with Crippen LogP contribution in [0.1, 0.15) is 64.0 Å². The first-order chi connectivity index (χ1) is 10.8. The zero-order valence-corrected chi connectivity index (χ0v) is 16.3. The Balaban J connectivity index is 2.10. The van der Waals surface area contributed by atoms with Gasteiger partial charge in [-0.15, -0.1) is 23.2 Å². The van der Waals surface area contributed by atoms with Crippen molar-refractivity contribution in [2.45, 2.75) is 69.0 Å². The molecule has 130 valence electrons. The van der Waals surface area contributed by atoms with Crippen LogP contribution in [0.4, 0.5) is 0 Å². The third kappa shape index (κ3) is 4.87. The average Bonchev–Trinajstić information content (AvgIpc) is 2.77. The van der Waals surface area contributed by atoms with E-state index in [0.717, 1.165) is 32.5 Å². The molecule has 0 radical (unpaired) electrons. The Kier molecular flexibility index (Phi) is 6.83. The lowest BCUT2D eigenvalue weighted by Gasteiger charge is -2.25. The number of rotatable bonds is 6. The first kappa shape index (κ1) is 19.1. The van der Waals surface area contributed by atoms with Gasteiger partial charge in [0.1, 0.15) is 0 Å². The molecule has 3 heteroatoms. The van der Waals surface area contributed by atoms with Crippen LogP contribution in [0.2, 0.25) is 0 Å². The maximum Gasteiger partial charge on any atom is 0.0466 e. The second-order valence-corrected chi connectivity index (χ2v) is 8.79. The smallest absolute Gasteiger partial charge is 0.0466 e. The number of halogens is 2. The maximum absolute atomic E-state index is 6.66. The van der Waals surface area contributed by atoms with E-state index in [1.165, 1.54) is 11.1 Å². The average molecular weight is 357 g/mol. The summed E-state index contributed by atoms with van der Waals surface area (Å²) in [5, 5.41) is 0.307. The summed E-state index contributed by atoms with van der Waals surface area (Å²) in [5.41, 5.74) is 2.88. The van der Waals surface area contributed by atoms with E-state index in [0.29, 0.717) is 11.8 Å². The van der Waals surface area contributed by atoms with Gasteiger partial charge in [-0.3, -0.25) is 0 Å². The van der Waals surface area contributed by atoms with Gasteiger partial charge in [0, 0.05) is 29.9 Å². The number of benzene rings is 1. The lowest BCUT2D eigenvalue weighted by atomic mass is 9.82. The van der Waals surface area contributed by atoms with Crippen molar-refractivity contribution < 1.29 is 4.74 Å². The van der Waals surface area contributed by atoms with Gasteiger partial charge in [-0.25, -0.2) is 0 Å². The molecule has 0 spiro atoms. The van der Waals surface area contributed by atoms with Crippen molar-refractivity contribution in [3.8, 4) is 0 Å². The van der Waals surface area contributed by atoms with E-state index in [2.05, 4.69) is 45.0 Å². The summed E-state index contributed by atoms with van der Waals surface area (Å²) in [4.78, 5) is 0. The van der Waals surface area contributed by atoms with Crippen molar-refractivity contribution in [2.75, 3.05) is 13.2 Å². The summed E-state index contributed by atoms with van der Waals surface area (Å²) < 4.78 is 5.47. The first-order valence-electron chi connectivity index (χ1n) is 8.81. The van der Waals surface area contributed by atoms with Gasteiger partial charge in [0.25, 0.3) is 0 Å². The minimum Gasteiger partial charge on any atom is -0.382 e. The Morgan fingerprint density at radius 3 is 2.30 bits per heavy atom. The topological polar surface area (TPSA) is 9.23 Å². The minimum atomic E-state index is 0.134. The molecule has 1 aliphatic rings. The third-order valence-corrected chi connectivity index (χ3v) is 5.91. The molecular weight excluding hydrogens is 327 g/mol. The summed E-state index contributed by atoms with van der Waals surface area (Å²) >= 11 is 13.3. The first-order valence-corrected chi connectivity index (χ1v) is 9.68. The number of ether oxygens (including phenoxy) is 1. The molecule has 0 bridgehead atoms. The van der Waals surface area contributed by atoms with E-state index in [9.17, 15) is 0 Å². The van der Waals surface area contributed by atoms with Crippen LogP contribution in [0.3, 0.4) is 0 Å². The van der Waals surface area contributed by atoms with Gasteiger partial charge < -0.3 is 4.74 Å². The predicted octanol–water partition coefficient (Wildman–Crippen LogP) is 6.12. The van der Waals surface area contributed by atoms with Crippen LogP contribution >= 0.6 is 23.2 Å². The van der Waals surface area contributed by atoms with Crippen molar-refractivity contribution in [3.63, 3.8) is 0 Å². The van der Waals surface area contributed by atoms with Crippen LogP contribution in [-0.2, 0) is 10.2 Å². The quantitative estimate of drug-likeness (QED) is 0.440. The zero-order valence-electron chi connectivity index (χ0n) is 14.8. The van der Waals surface area contributed by atoms with Gasteiger partial charge in [0.05, 0.1) is 0 Å². The Labute approximate surface area is 151 Å². The summed E-state index contributed by atoms with van der Waals surface area (Å²) in [6.45, 7) is 10.4. The molecule has 4 unspecified atom stereocenters. The lowest BCUT2D eigenvalue weighted by molar-refractivity contribution is 0.139. The van der Waals surface area contributed by atoms with Gasteiger partial charge in [0.2, 0.25) is 0 Å². The van der Waals surface area contributed by atoms with E-state index >= 15 is 0 Å². The number of hydrogen-bond donors (Lipinski definition) is 0. The van der Waals surface area contributed by atoms with Crippen LogP contribution in [0.25, 0.3) is 0 Å². The van der Waals surface area contributed by atoms with Crippen LogP contribution in [0.15, 0.2) is 24.3 Å². The van der Waals surface area contributed by atoms with Crippen LogP contribution in [-0.4, -0.2) is 24.0 Å². The van der Waals surface area contributed by atoms with E-state index in [4.69, 9.17) is 27.9 Å². The van der Waals surface area contributed by atoms with Gasteiger partial charge in [0.15, 0.2) is 0 Å². The highest BCUT2D eigenvalue weighted by Crippen LogP contribution is 2.47. The molecule has 1 aromatic carbocycles. The summed E-state index contributed by atoms with van der Waals surface area (Å²) in [6, 6.07) is 9.01. The third-order valence-electron chi connectivity index (χ3n) is 4.96. The summed E-state index contributed by atoms with van der Waals surface area (Å²) in [5.74, 6) is 0.801. The summed E-state index contributed by atoms with van der Waals surface area (Å²) in [6.07, 6.45) is 3.04. The molecule has 0 aliphatic heterocycles. The van der Waals surface area contributed by atoms with Crippen molar-refractivity contribution >= 4 is 23.2 Å². The van der Waals surface area contributed by atoms with E-state index in [1.807, 2.05) is 6.92 Å². The largest absolute Gasteiger partial charge is 0.382 e. The van der Waals surface area contributed by atoms with Gasteiger partial charge in [-0.1, -0.05) is 45.0 Å². The van der Waals surface area contributed by atoms with Crippen molar-refractivity contribution in [1.82, 2.24) is 0 Å². The van der Waals surface area contributed by atoms with E-state index in [-0.39, 0.29) is 16.2 Å². The molecule has 23 heavy (non-hydrogen) atoms. The number of hydrogen-bond acceptors (Lipinski definition) is 1. The molecule has 0 amide bonds. The fourth-order valence-electron chi connectivity index (χ4n) is 3.62. The highest BCUT2D eigenvalue weighted by atomic mass is 35.5. The lowest BCUT2D eigenvalue weighted by Crippen LogP contribution is -2.18. The van der Waals surface area contributed by atoms with Gasteiger partial charge >= 0.3 is 0 Å². The highest BCUT2D eigenvalue weighted by molar-refractivity contribution is 6.25. The Morgan fingerprint density at radius 2 is 1.74 bits per heavy atom.